The van der Waals surface area contributed by atoms with Gasteiger partial charge in [0, 0.05) is 18.4 Å². The second-order valence-corrected chi connectivity index (χ2v) is 9.41. The minimum absolute atomic E-state index is 0.104. The molecule has 0 N–H and O–H groups in total. The van der Waals surface area contributed by atoms with Crippen LogP contribution in [-0.2, 0) is 52.3 Å². The highest BCUT2D eigenvalue weighted by molar-refractivity contribution is 5.87. The molecule has 0 aliphatic carbocycles. The SMILES string of the molecule is C=C(C)C(=O)OC[C@@]12O[C@@H]3COC(C)(C4CCOC4=O)O[C@H]3[C@@H]1OC(C)(C1CCOC1=O)O2. The van der Waals surface area contributed by atoms with Gasteiger partial charge in [0.1, 0.15) is 36.8 Å². The number of hydrogen-bond donors (Lipinski definition) is 0. The van der Waals surface area contributed by atoms with Crippen molar-refractivity contribution in [2.45, 2.75) is 69.3 Å². The third-order valence-electron chi connectivity index (χ3n) is 6.98. The molecule has 5 aliphatic rings. The minimum Gasteiger partial charge on any atom is -0.465 e. The molecule has 0 aromatic rings. The molecule has 0 radical (unpaired) electrons. The zero-order valence-corrected chi connectivity index (χ0v) is 18.8. The van der Waals surface area contributed by atoms with Crippen molar-refractivity contribution in [2.75, 3.05) is 26.4 Å². The molecule has 4 unspecified atom stereocenters. The van der Waals surface area contributed by atoms with Gasteiger partial charge < -0.3 is 37.9 Å². The Bertz CT molecular complexity index is 888. The molecule has 5 heterocycles. The van der Waals surface area contributed by atoms with Crippen molar-refractivity contribution in [1.82, 2.24) is 0 Å². The summed E-state index contributed by atoms with van der Waals surface area (Å²) in [5.41, 5.74) is 0.214. The van der Waals surface area contributed by atoms with Crippen molar-refractivity contribution >= 4 is 17.9 Å². The van der Waals surface area contributed by atoms with E-state index in [4.69, 9.17) is 37.9 Å². The smallest absolute Gasteiger partial charge is 0.333 e. The molecule has 8 atom stereocenters. The van der Waals surface area contributed by atoms with Crippen molar-refractivity contribution in [1.29, 1.82) is 0 Å². The fraction of sp³-hybridized carbons (Fsp3) is 0.773. The Morgan fingerprint density at radius 1 is 1.03 bits per heavy atom. The normalized spacial score (nSPS) is 46.5. The number of rotatable bonds is 5. The highest BCUT2D eigenvalue weighted by Crippen LogP contribution is 2.53. The lowest BCUT2D eigenvalue weighted by Crippen LogP contribution is -2.56. The van der Waals surface area contributed by atoms with Gasteiger partial charge in [0.25, 0.3) is 0 Å². The van der Waals surface area contributed by atoms with Crippen LogP contribution in [0.3, 0.4) is 0 Å². The van der Waals surface area contributed by atoms with Crippen molar-refractivity contribution < 1.29 is 52.3 Å². The second-order valence-electron chi connectivity index (χ2n) is 9.41. The monoisotopic (exact) mass is 468 g/mol. The number of esters is 3. The van der Waals surface area contributed by atoms with Gasteiger partial charge in [0.05, 0.1) is 19.8 Å². The molecule has 0 saturated carbocycles. The molecule has 0 aromatic heterocycles. The molecule has 0 bridgehead atoms. The Morgan fingerprint density at radius 2 is 1.67 bits per heavy atom. The van der Waals surface area contributed by atoms with Gasteiger partial charge in [0.2, 0.25) is 5.79 Å². The molecule has 0 amide bonds. The third-order valence-corrected chi connectivity index (χ3v) is 6.98. The van der Waals surface area contributed by atoms with Gasteiger partial charge in [-0.15, -0.1) is 0 Å². The van der Waals surface area contributed by atoms with E-state index in [0.29, 0.717) is 19.4 Å². The molecule has 11 heteroatoms. The van der Waals surface area contributed by atoms with Crippen LogP contribution < -0.4 is 0 Å². The number of hydrogen-bond acceptors (Lipinski definition) is 11. The molecule has 0 aromatic carbocycles. The lowest BCUT2D eigenvalue weighted by Gasteiger charge is -2.43. The Balaban J connectivity index is 1.43. The molecule has 33 heavy (non-hydrogen) atoms. The van der Waals surface area contributed by atoms with Gasteiger partial charge in [-0.25, -0.2) is 4.79 Å². The summed E-state index contributed by atoms with van der Waals surface area (Å²) in [7, 11) is 0. The average Bonchev–Trinajstić information content (AvgIpc) is 3.50. The minimum atomic E-state index is -1.54. The predicted octanol–water partition coefficient (Wildman–Crippen LogP) is 0.590. The lowest BCUT2D eigenvalue weighted by molar-refractivity contribution is -0.351. The first-order chi connectivity index (χ1) is 15.6. The van der Waals surface area contributed by atoms with Crippen LogP contribution in [-0.4, -0.2) is 80.0 Å². The summed E-state index contributed by atoms with van der Waals surface area (Å²) in [6.07, 6.45) is -1.31. The third kappa shape index (κ3) is 3.57. The molecule has 5 saturated heterocycles. The molecule has 0 spiro atoms. The van der Waals surface area contributed by atoms with E-state index in [9.17, 15) is 14.4 Å². The molecule has 182 valence electrons. The van der Waals surface area contributed by atoms with Gasteiger partial charge in [-0.3, -0.25) is 9.59 Å². The summed E-state index contributed by atoms with van der Waals surface area (Å²) in [5, 5.41) is 0. The maximum absolute atomic E-state index is 12.3. The number of cyclic esters (lactones) is 2. The summed E-state index contributed by atoms with van der Waals surface area (Å²) in [6, 6.07) is 0. The van der Waals surface area contributed by atoms with Crippen LogP contribution in [0.2, 0.25) is 0 Å². The van der Waals surface area contributed by atoms with Crippen LogP contribution in [0.4, 0.5) is 0 Å². The van der Waals surface area contributed by atoms with Crippen molar-refractivity contribution in [2.24, 2.45) is 11.8 Å². The Morgan fingerprint density at radius 3 is 2.24 bits per heavy atom. The fourth-order valence-electron chi connectivity index (χ4n) is 5.23. The van der Waals surface area contributed by atoms with Gasteiger partial charge in [0.15, 0.2) is 11.6 Å². The highest BCUT2D eigenvalue weighted by atomic mass is 16.9. The van der Waals surface area contributed by atoms with E-state index in [-0.39, 0.29) is 25.4 Å². The Kier molecular flexibility index (Phi) is 5.33. The van der Waals surface area contributed by atoms with Crippen molar-refractivity contribution in [3.8, 4) is 0 Å². The zero-order valence-electron chi connectivity index (χ0n) is 18.8. The number of ether oxygens (including phenoxy) is 8. The number of fused-ring (bicyclic) bond motifs is 3. The van der Waals surface area contributed by atoms with E-state index in [2.05, 4.69) is 6.58 Å². The van der Waals surface area contributed by atoms with E-state index in [1.807, 2.05) is 0 Å². The fourth-order valence-corrected chi connectivity index (χ4v) is 5.23. The maximum Gasteiger partial charge on any atom is 0.333 e. The lowest BCUT2D eigenvalue weighted by atomic mass is 9.95. The molecule has 5 fully saturated rings. The van der Waals surface area contributed by atoms with Crippen LogP contribution >= 0.6 is 0 Å². The van der Waals surface area contributed by atoms with Crippen LogP contribution in [0.5, 0.6) is 0 Å². The first-order valence-corrected chi connectivity index (χ1v) is 11.1. The van der Waals surface area contributed by atoms with E-state index >= 15 is 0 Å². The highest BCUT2D eigenvalue weighted by Gasteiger charge is 2.72. The Labute approximate surface area is 190 Å². The number of carbonyl (C=O) groups is 3. The molecular formula is C22H28O11. The Hall–Kier alpha value is -2.05. The van der Waals surface area contributed by atoms with E-state index < -0.39 is 65.4 Å². The van der Waals surface area contributed by atoms with E-state index in [1.165, 1.54) is 6.92 Å². The summed E-state index contributed by atoms with van der Waals surface area (Å²) in [6.45, 7) is 8.79. The van der Waals surface area contributed by atoms with Gasteiger partial charge in [-0.1, -0.05) is 6.58 Å². The maximum atomic E-state index is 12.3. The summed E-state index contributed by atoms with van der Waals surface area (Å²) >= 11 is 0. The number of carbonyl (C=O) groups excluding carboxylic acids is 3. The van der Waals surface area contributed by atoms with Crippen molar-refractivity contribution in [3.63, 3.8) is 0 Å². The molecule has 5 rings (SSSR count). The van der Waals surface area contributed by atoms with Crippen LogP contribution in [0.25, 0.3) is 0 Å². The summed E-state index contributed by atoms with van der Waals surface area (Å²) < 4.78 is 46.6. The first kappa shape index (κ1) is 22.7. The molecular weight excluding hydrogens is 440 g/mol. The summed E-state index contributed by atoms with van der Waals surface area (Å²) in [5.74, 6) is -6.91. The van der Waals surface area contributed by atoms with Crippen LogP contribution in [0, 0.1) is 11.8 Å². The van der Waals surface area contributed by atoms with Crippen LogP contribution in [0.15, 0.2) is 12.2 Å². The average molecular weight is 468 g/mol. The second kappa shape index (κ2) is 7.74. The topological polar surface area (TPSA) is 125 Å². The summed E-state index contributed by atoms with van der Waals surface area (Å²) in [4.78, 5) is 36.7. The van der Waals surface area contributed by atoms with Gasteiger partial charge in [-0.2, -0.15) is 0 Å². The largest absolute Gasteiger partial charge is 0.465 e. The quantitative estimate of drug-likeness (QED) is 0.320. The first-order valence-electron chi connectivity index (χ1n) is 11.1. The van der Waals surface area contributed by atoms with Gasteiger partial charge >= 0.3 is 17.9 Å². The molecule has 11 nitrogen and oxygen atoms in total. The molecule has 5 aliphatic heterocycles. The zero-order chi connectivity index (χ0) is 23.6. The van der Waals surface area contributed by atoms with Crippen LogP contribution in [0.1, 0.15) is 33.6 Å². The van der Waals surface area contributed by atoms with E-state index in [0.717, 1.165) is 0 Å². The van der Waals surface area contributed by atoms with E-state index in [1.54, 1.807) is 13.8 Å². The predicted molar refractivity (Wildman–Crippen MR) is 105 cm³/mol. The van der Waals surface area contributed by atoms with Gasteiger partial charge in [-0.05, 0) is 20.8 Å². The standard InChI is InChI=1S/C22H28O11/c1-11(2)17(23)28-10-22-16(32-21(4,33-22)13-6-8-27-19(13)25)15-14(30-22)9-29-20(3,31-15)12-5-7-26-18(12)24/h12-16H,1,5-10H2,2-4H3/t12?,13?,14-,15-,16+,20?,21?,22+/m1/s1. The van der Waals surface area contributed by atoms with Crippen molar-refractivity contribution in [3.05, 3.63) is 12.2 Å².